The van der Waals surface area contributed by atoms with E-state index in [4.69, 9.17) is 0 Å². The second kappa shape index (κ2) is 2.28. The molecule has 0 saturated carbocycles. The van der Waals surface area contributed by atoms with Gasteiger partial charge in [0.25, 0.3) is 7.59 Å². The van der Waals surface area contributed by atoms with E-state index < -0.39 is 7.59 Å². The largest absolute Gasteiger partial charge is 0.272 e. The summed E-state index contributed by atoms with van der Waals surface area (Å²) < 4.78 is 9.55. The smallest absolute Gasteiger partial charge is 0.271 e. The van der Waals surface area contributed by atoms with Crippen molar-refractivity contribution in [2.24, 2.45) is 16.5 Å². The van der Waals surface area contributed by atoms with Crippen LogP contribution in [0.5, 0.6) is 0 Å². The molecule has 0 aromatic rings. The van der Waals surface area contributed by atoms with Crippen LogP contribution in [0.3, 0.4) is 0 Å². The molecule has 3 radical (unpaired) electrons. The molecule has 0 fully saturated rings. The van der Waals surface area contributed by atoms with Crippen LogP contribution in [0, 0.1) is 0 Å². The number of hydrogen-bond donors (Lipinski definition) is 3. The molecule has 0 aliphatic heterocycles. The molecule has 0 atom stereocenters. The molecule has 6 heavy (non-hydrogen) atoms. The van der Waals surface area contributed by atoms with Crippen LogP contribution in [0.2, 0.25) is 0 Å². The molecular weight excluding hydrogens is 103 g/mol. The summed E-state index contributed by atoms with van der Waals surface area (Å²) in [5.41, 5.74) is 13.4. The summed E-state index contributed by atoms with van der Waals surface area (Å²) in [6.07, 6.45) is 0. The predicted molar refractivity (Wildman–Crippen MR) is 22.3 cm³/mol. The molecule has 0 heterocycles. The van der Waals surface area contributed by atoms with E-state index in [2.05, 4.69) is 16.5 Å². The molecule has 0 bridgehead atoms. The first-order valence-electron chi connectivity index (χ1n) is 0.957. The summed E-state index contributed by atoms with van der Waals surface area (Å²) >= 11 is 0. The lowest BCUT2D eigenvalue weighted by atomic mass is 13.8. The summed E-state index contributed by atoms with van der Waals surface area (Å²) in [5, 5.41) is 0. The zero-order chi connectivity index (χ0) is 4.50. The van der Waals surface area contributed by atoms with E-state index in [0.29, 0.717) is 0 Å². The first kappa shape index (κ1) is 9.42. The summed E-state index contributed by atoms with van der Waals surface area (Å²) in [7, 11) is -3.14. The highest BCUT2D eigenvalue weighted by molar-refractivity contribution is 7.56. The summed E-state index contributed by atoms with van der Waals surface area (Å²) in [6, 6.07) is 0. The third-order valence-corrected chi connectivity index (χ3v) is 0. The van der Waals surface area contributed by atoms with Crippen molar-refractivity contribution >= 4 is 7.59 Å². The van der Waals surface area contributed by atoms with Crippen molar-refractivity contribution in [2.75, 3.05) is 0 Å². The van der Waals surface area contributed by atoms with Gasteiger partial charge in [-0.3, -0.25) is 21.1 Å². The van der Waals surface area contributed by atoms with Gasteiger partial charge < -0.3 is 0 Å². The molecule has 0 aliphatic carbocycles. The topological polar surface area (TPSA) is 126 Å². The zero-order valence-electron chi connectivity index (χ0n) is 3.03. The minimum absolute atomic E-state index is 0. The minimum atomic E-state index is -3.14. The fourth-order valence-electron chi connectivity index (χ4n) is 0. The predicted octanol–water partition coefficient (Wildman–Crippen LogP) is -1.51. The first-order chi connectivity index (χ1) is 2.00. The molecule has 0 aliphatic rings. The van der Waals surface area contributed by atoms with Gasteiger partial charge in [0.05, 0.1) is 0 Å². The Morgan fingerprint density at radius 2 is 1.17 bits per heavy atom. The van der Waals surface area contributed by atoms with E-state index in [-0.39, 0.29) is 6.15 Å². The van der Waals surface area contributed by atoms with E-state index >= 15 is 0 Å². The average molecular weight is 109 g/mol. The van der Waals surface area contributed by atoms with Crippen LogP contribution in [0.25, 0.3) is 0 Å². The van der Waals surface area contributed by atoms with E-state index in [0.717, 1.165) is 0 Å². The second-order valence-corrected chi connectivity index (χ2v) is 2.29. The van der Waals surface area contributed by atoms with E-state index in [9.17, 15) is 4.57 Å². The van der Waals surface area contributed by atoms with Crippen molar-refractivity contribution in [3.8, 4) is 0 Å². The maximum atomic E-state index is 9.55. The van der Waals surface area contributed by atoms with Crippen LogP contribution in [-0.4, -0.2) is 0 Å². The Bertz CT molecular complexity index is 53.7. The summed E-state index contributed by atoms with van der Waals surface area (Å²) in [5.74, 6) is 0. The van der Waals surface area contributed by atoms with Crippen molar-refractivity contribution in [3.05, 3.63) is 0 Å². The molecule has 0 aromatic carbocycles. The second-order valence-electron chi connectivity index (χ2n) is 0.763. The van der Waals surface area contributed by atoms with Gasteiger partial charge in [-0.15, -0.1) is 0 Å². The molecule has 6 heteroatoms. The number of rotatable bonds is 0. The highest BCUT2D eigenvalue weighted by atomic mass is 31.2. The Morgan fingerprint density at radius 1 is 1.17 bits per heavy atom. The molecule has 0 aromatic heterocycles. The molecule has 5 nitrogen and oxygen atoms in total. The van der Waals surface area contributed by atoms with Gasteiger partial charge >= 0.3 is 0 Å². The lowest BCUT2D eigenvalue weighted by molar-refractivity contribution is 0.577. The van der Waals surface area contributed by atoms with Gasteiger partial charge in [-0.05, 0) is 0 Å². The lowest BCUT2D eigenvalue weighted by Gasteiger charge is -1.88. The molecule has 0 saturated heterocycles. The zero-order valence-corrected chi connectivity index (χ0v) is 3.93. The Kier molecular flexibility index (Phi) is 3.58. The number of hydrogen-bond acceptors (Lipinski definition) is 1. The highest BCUT2D eigenvalue weighted by Crippen LogP contribution is 2.06. The Hall–Kier alpha value is 0.0700. The van der Waals surface area contributed by atoms with Crippen LogP contribution in [-0.2, 0) is 4.57 Å². The molecule has 0 amide bonds. The Morgan fingerprint density at radius 3 is 1.17 bits per heavy atom. The third-order valence-electron chi connectivity index (χ3n) is 0. The molecule has 0 rings (SSSR count). The van der Waals surface area contributed by atoms with Gasteiger partial charge in [-0.25, -0.2) is 0 Å². The van der Waals surface area contributed by atoms with Crippen LogP contribution in [0.15, 0.2) is 0 Å². The van der Waals surface area contributed by atoms with Crippen molar-refractivity contribution in [2.45, 2.75) is 0 Å². The molecule has 0 unspecified atom stereocenters. The van der Waals surface area contributed by atoms with E-state index in [1.54, 1.807) is 0 Å². The van der Waals surface area contributed by atoms with Crippen LogP contribution in [0.4, 0.5) is 0 Å². The van der Waals surface area contributed by atoms with Gasteiger partial charge in [0.1, 0.15) is 0 Å². The minimum Gasteiger partial charge on any atom is -0.272 e. The van der Waals surface area contributed by atoms with E-state index in [1.165, 1.54) is 0 Å². The van der Waals surface area contributed by atoms with Gasteiger partial charge in [0.2, 0.25) is 0 Å². The Labute approximate surface area is 36.0 Å². The third kappa shape index (κ3) is 7830. The SMILES string of the molecule is NP(N)(N)=O.[N]. The molecule has 6 N–H and O–H groups in total. The summed E-state index contributed by atoms with van der Waals surface area (Å²) in [6.45, 7) is 0. The van der Waals surface area contributed by atoms with Gasteiger partial charge in [-0.2, -0.15) is 0 Å². The molecule has 0 spiro atoms. The van der Waals surface area contributed by atoms with Gasteiger partial charge in [0, 0.05) is 6.15 Å². The van der Waals surface area contributed by atoms with E-state index in [1.807, 2.05) is 0 Å². The van der Waals surface area contributed by atoms with Gasteiger partial charge in [0.15, 0.2) is 0 Å². The standard InChI is InChI=1S/H6N3OP.N/c1-5(2,3)4;/h(H6,1,2,3,4);. The fraction of sp³-hybridized carbons (Fsp3) is 0. The van der Waals surface area contributed by atoms with Crippen LogP contribution in [0.1, 0.15) is 0 Å². The maximum absolute atomic E-state index is 9.55. The van der Waals surface area contributed by atoms with Crippen molar-refractivity contribution in [1.82, 2.24) is 6.15 Å². The lowest BCUT2D eigenvalue weighted by Crippen LogP contribution is -2.12. The number of nitrogens with two attached hydrogens (primary N) is 3. The molecule has 37 valence electrons. The Balaban J connectivity index is 0. The first-order valence-corrected chi connectivity index (χ1v) is 2.87. The quantitative estimate of drug-likeness (QED) is 0.327. The van der Waals surface area contributed by atoms with Crippen molar-refractivity contribution in [1.29, 1.82) is 0 Å². The van der Waals surface area contributed by atoms with Gasteiger partial charge in [-0.1, -0.05) is 0 Å². The average Bonchev–Trinajstić information content (AvgIpc) is 0.722. The number of nitrogens with zero attached hydrogens (tertiary/aromatic N) is 1. The normalized spacial score (nSPS) is 9.83. The maximum Gasteiger partial charge on any atom is 0.271 e. The fourth-order valence-corrected chi connectivity index (χ4v) is 0. The highest BCUT2D eigenvalue weighted by Gasteiger charge is 1.90. The van der Waals surface area contributed by atoms with Crippen LogP contribution < -0.4 is 22.7 Å². The monoisotopic (exact) mass is 109 g/mol. The van der Waals surface area contributed by atoms with Crippen molar-refractivity contribution < 1.29 is 4.57 Å². The van der Waals surface area contributed by atoms with Crippen molar-refractivity contribution in [3.63, 3.8) is 0 Å². The summed E-state index contributed by atoms with van der Waals surface area (Å²) in [4.78, 5) is 0. The van der Waals surface area contributed by atoms with Crippen LogP contribution >= 0.6 is 7.59 Å². The molecular formula is H6N4OP.